The summed E-state index contributed by atoms with van der Waals surface area (Å²) in [7, 11) is 0. The molecule has 0 saturated heterocycles. The van der Waals surface area contributed by atoms with E-state index < -0.39 is 0 Å². The number of rotatable bonds is 2. The van der Waals surface area contributed by atoms with Crippen LogP contribution in [0.2, 0.25) is 0 Å². The van der Waals surface area contributed by atoms with Crippen LogP contribution in [-0.4, -0.2) is 11.2 Å². The minimum atomic E-state index is -0.165. The van der Waals surface area contributed by atoms with Gasteiger partial charge in [-0.25, -0.2) is 0 Å². The summed E-state index contributed by atoms with van der Waals surface area (Å²) in [5.41, 5.74) is 2.10. The van der Waals surface area contributed by atoms with E-state index >= 15 is 0 Å². The maximum absolute atomic E-state index is 11.2. The highest BCUT2D eigenvalue weighted by molar-refractivity contribution is 5.78. The second-order valence-corrected chi connectivity index (χ2v) is 2.72. The molecular formula is C9H12N2O. The first-order valence-corrected chi connectivity index (χ1v) is 3.92. The van der Waals surface area contributed by atoms with Crippen molar-refractivity contribution in [2.45, 2.75) is 20.3 Å². The topological polar surface area (TPSA) is 56.7 Å². The Kier molecular flexibility index (Phi) is 2.43. The molecule has 1 rings (SSSR count). The fourth-order valence-electron chi connectivity index (χ4n) is 1.22. The van der Waals surface area contributed by atoms with Gasteiger partial charge in [-0.2, -0.15) is 0 Å². The van der Waals surface area contributed by atoms with Gasteiger partial charge in [0.15, 0.2) is 0 Å². The van der Waals surface area contributed by atoms with Crippen LogP contribution in [0.5, 0.6) is 0 Å². The maximum Gasteiger partial charge on any atom is 0.257 e. The van der Waals surface area contributed by atoms with Gasteiger partial charge in [-0.1, -0.05) is 6.92 Å². The smallest absolute Gasteiger partial charge is 0.257 e. The minimum absolute atomic E-state index is 0.165. The molecule has 0 spiro atoms. The molecule has 0 saturated carbocycles. The van der Waals surface area contributed by atoms with Gasteiger partial charge in [0, 0.05) is 11.9 Å². The van der Waals surface area contributed by atoms with Crippen LogP contribution < -0.4 is 5.56 Å². The standard InChI is InChI=1S/C9H12N2O/c1-3-7-4-6(2)11-9(12)8(7)5-10/h4-5,10H,3H2,1-2H3,(H,11,12). The number of hydrogen-bond acceptors (Lipinski definition) is 2. The monoisotopic (exact) mass is 164 g/mol. The van der Waals surface area contributed by atoms with E-state index in [0.29, 0.717) is 5.56 Å². The molecule has 2 N–H and O–H groups in total. The molecular weight excluding hydrogens is 152 g/mol. The second kappa shape index (κ2) is 3.34. The quantitative estimate of drug-likeness (QED) is 0.635. The predicted molar refractivity (Wildman–Crippen MR) is 49.1 cm³/mol. The van der Waals surface area contributed by atoms with E-state index in [9.17, 15) is 4.79 Å². The molecule has 0 unspecified atom stereocenters. The first-order valence-electron chi connectivity index (χ1n) is 3.92. The Morgan fingerprint density at radius 3 is 2.83 bits per heavy atom. The van der Waals surface area contributed by atoms with E-state index in [2.05, 4.69) is 4.98 Å². The third-order valence-corrected chi connectivity index (χ3v) is 1.82. The van der Waals surface area contributed by atoms with Crippen molar-refractivity contribution in [3.8, 4) is 0 Å². The molecule has 0 aliphatic rings. The Morgan fingerprint density at radius 1 is 1.67 bits per heavy atom. The van der Waals surface area contributed by atoms with Crippen molar-refractivity contribution in [3.05, 3.63) is 33.2 Å². The maximum atomic E-state index is 11.2. The number of aryl methyl sites for hydroxylation is 2. The molecule has 1 heterocycles. The Labute approximate surface area is 71.0 Å². The van der Waals surface area contributed by atoms with Crippen LogP contribution in [0.4, 0.5) is 0 Å². The summed E-state index contributed by atoms with van der Waals surface area (Å²) in [6.07, 6.45) is 1.90. The van der Waals surface area contributed by atoms with Crippen molar-refractivity contribution in [2.24, 2.45) is 0 Å². The number of H-pyrrole nitrogens is 1. The molecule has 0 aromatic carbocycles. The van der Waals surface area contributed by atoms with Gasteiger partial charge in [0.1, 0.15) is 0 Å². The Morgan fingerprint density at radius 2 is 2.33 bits per heavy atom. The molecule has 1 aromatic heterocycles. The predicted octanol–water partition coefficient (Wildman–Crippen LogP) is 1.24. The Bertz CT molecular complexity index is 352. The highest BCUT2D eigenvalue weighted by Crippen LogP contribution is 2.03. The summed E-state index contributed by atoms with van der Waals surface area (Å²) >= 11 is 0. The van der Waals surface area contributed by atoms with Gasteiger partial charge in [-0.3, -0.25) is 4.79 Å². The normalized spacial score (nSPS) is 9.83. The molecule has 0 fully saturated rings. The summed E-state index contributed by atoms with van der Waals surface area (Å²) in [6, 6.07) is 1.90. The van der Waals surface area contributed by atoms with Gasteiger partial charge in [0.05, 0.1) is 5.56 Å². The average molecular weight is 164 g/mol. The van der Waals surface area contributed by atoms with Gasteiger partial charge in [0.2, 0.25) is 0 Å². The third kappa shape index (κ3) is 1.44. The van der Waals surface area contributed by atoms with Crippen molar-refractivity contribution in [1.82, 2.24) is 4.98 Å². The molecule has 1 aromatic rings. The Hall–Kier alpha value is -1.38. The molecule has 0 radical (unpaired) electrons. The lowest BCUT2D eigenvalue weighted by Gasteiger charge is -2.02. The van der Waals surface area contributed by atoms with E-state index in [1.165, 1.54) is 0 Å². The van der Waals surface area contributed by atoms with E-state index in [0.717, 1.165) is 23.9 Å². The molecule has 3 heteroatoms. The highest BCUT2D eigenvalue weighted by atomic mass is 16.1. The molecule has 0 aliphatic carbocycles. The van der Waals surface area contributed by atoms with Gasteiger partial charge >= 0.3 is 0 Å². The molecule has 0 aliphatic heterocycles. The molecule has 0 atom stereocenters. The Balaban J connectivity index is 3.44. The zero-order chi connectivity index (χ0) is 9.14. The van der Waals surface area contributed by atoms with Crippen molar-refractivity contribution >= 4 is 6.21 Å². The van der Waals surface area contributed by atoms with Crippen molar-refractivity contribution in [2.75, 3.05) is 0 Å². The van der Waals surface area contributed by atoms with Crippen molar-refractivity contribution in [3.63, 3.8) is 0 Å². The van der Waals surface area contributed by atoms with Gasteiger partial charge in [0.25, 0.3) is 5.56 Å². The molecule has 64 valence electrons. The molecule has 12 heavy (non-hydrogen) atoms. The number of hydrogen-bond donors (Lipinski definition) is 2. The summed E-state index contributed by atoms with van der Waals surface area (Å²) in [6.45, 7) is 3.81. The largest absolute Gasteiger partial charge is 0.326 e. The SMILES string of the molecule is CCc1cc(C)[nH]c(=O)c1C=N. The van der Waals surface area contributed by atoms with Gasteiger partial charge in [-0.15, -0.1) is 0 Å². The number of nitrogens with one attached hydrogen (secondary N) is 2. The van der Waals surface area contributed by atoms with Crippen molar-refractivity contribution in [1.29, 1.82) is 5.41 Å². The van der Waals surface area contributed by atoms with Gasteiger partial charge < -0.3 is 10.4 Å². The average Bonchev–Trinajstić information content (AvgIpc) is 2.03. The first kappa shape index (κ1) is 8.71. The zero-order valence-corrected chi connectivity index (χ0v) is 7.27. The number of pyridine rings is 1. The molecule has 3 nitrogen and oxygen atoms in total. The van der Waals surface area contributed by atoms with Crippen LogP contribution in [0.3, 0.4) is 0 Å². The lowest BCUT2D eigenvalue weighted by Crippen LogP contribution is -2.15. The van der Waals surface area contributed by atoms with E-state index in [4.69, 9.17) is 5.41 Å². The van der Waals surface area contributed by atoms with E-state index in [1.807, 2.05) is 19.9 Å². The number of aromatic amines is 1. The lowest BCUT2D eigenvalue weighted by atomic mass is 10.1. The van der Waals surface area contributed by atoms with E-state index in [1.54, 1.807) is 0 Å². The van der Waals surface area contributed by atoms with Crippen LogP contribution in [0.1, 0.15) is 23.7 Å². The van der Waals surface area contributed by atoms with Crippen LogP contribution in [0, 0.1) is 12.3 Å². The number of aromatic nitrogens is 1. The van der Waals surface area contributed by atoms with Gasteiger partial charge in [-0.05, 0) is 25.0 Å². The fourth-order valence-corrected chi connectivity index (χ4v) is 1.22. The second-order valence-electron chi connectivity index (χ2n) is 2.72. The summed E-state index contributed by atoms with van der Waals surface area (Å²) in [5.74, 6) is 0. The van der Waals surface area contributed by atoms with Crippen LogP contribution in [0.25, 0.3) is 0 Å². The third-order valence-electron chi connectivity index (χ3n) is 1.82. The highest BCUT2D eigenvalue weighted by Gasteiger charge is 2.02. The first-order chi connectivity index (χ1) is 5.69. The zero-order valence-electron chi connectivity index (χ0n) is 7.27. The van der Waals surface area contributed by atoms with Crippen LogP contribution >= 0.6 is 0 Å². The molecule has 0 amide bonds. The van der Waals surface area contributed by atoms with Crippen molar-refractivity contribution < 1.29 is 0 Å². The summed E-state index contributed by atoms with van der Waals surface area (Å²) in [5, 5.41) is 7.05. The summed E-state index contributed by atoms with van der Waals surface area (Å²) < 4.78 is 0. The molecule has 0 bridgehead atoms. The van der Waals surface area contributed by atoms with E-state index in [-0.39, 0.29) is 5.56 Å². The minimum Gasteiger partial charge on any atom is -0.326 e. The van der Waals surface area contributed by atoms with Crippen LogP contribution in [-0.2, 0) is 6.42 Å². The fraction of sp³-hybridized carbons (Fsp3) is 0.333. The summed E-state index contributed by atoms with van der Waals surface area (Å²) in [4.78, 5) is 13.9. The van der Waals surface area contributed by atoms with Crippen LogP contribution in [0.15, 0.2) is 10.9 Å². The lowest BCUT2D eigenvalue weighted by molar-refractivity contribution is 1.05.